The van der Waals surface area contributed by atoms with Gasteiger partial charge in [0.15, 0.2) is 0 Å². The van der Waals surface area contributed by atoms with Gasteiger partial charge >= 0.3 is 0 Å². The number of rotatable bonds is 2. The van der Waals surface area contributed by atoms with E-state index < -0.39 is 0 Å². The maximum absolute atomic E-state index is 4.42. The van der Waals surface area contributed by atoms with Crippen LogP contribution in [0.3, 0.4) is 0 Å². The zero-order valence-electron chi connectivity index (χ0n) is 9.82. The Hall–Kier alpha value is -2.42. The predicted molar refractivity (Wildman–Crippen MR) is 73.8 cm³/mol. The molecule has 0 fully saturated rings. The standard InChI is InChI=1S/C15H13N3/c1-3-7-12(8-4-1)14-15(18-17-11-16-14)13-9-5-2-6-10-13/h1-11,15,18H. The van der Waals surface area contributed by atoms with Crippen molar-refractivity contribution in [2.75, 3.05) is 0 Å². The Bertz CT molecular complexity index is 573. The lowest BCUT2D eigenvalue weighted by Crippen LogP contribution is -2.28. The van der Waals surface area contributed by atoms with Crippen molar-refractivity contribution in [3.05, 3.63) is 71.8 Å². The van der Waals surface area contributed by atoms with E-state index in [1.807, 2.05) is 36.4 Å². The first-order chi connectivity index (χ1) is 8.95. The van der Waals surface area contributed by atoms with E-state index in [2.05, 4.69) is 39.8 Å². The molecule has 0 amide bonds. The molecule has 88 valence electrons. The summed E-state index contributed by atoms with van der Waals surface area (Å²) in [5.74, 6) is 0. The van der Waals surface area contributed by atoms with Crippen molar-refractivity contribution in [3.63, 3.8) is 0 Å². The van der Waals surface area contributed by atoms with Crippen LogP contribution in [0, 0.1) is 0 Å². The van der Waals surface area contributed by atoms with E-state index in [4.69, 9.17) is 0 Å². The molecule has 0 spiro atoms. The Labute approximate surface area is 106 Å². The molecule has 1 N–H and O–H groups in total. The van der Waals surface area contributed by atoms with Crippen LogP contribution in [0.4, 0.5) is 0 Å². The second kappa shape index (κ2) is 4.84. The Morgan fingerprint density at radius 3 is 2.22 bits per heavy atom. The molecule has 3 heteroatoms. The van der Waals surface area contributed by atoms with Gasteiger partial charge in [0.05, 0.1) is 5.71 Å². The summed E-state index contributed by atoms with van der Waals surface area (Å²) in [7, 11) is 0. The number of hydrogen-bond donors (Lipinski definition) is 1. The number of benzene rings is 2. The summed E-state index contributed by atoms with van der Waals surface area (Å²) < 4.78 is 0. The number of hydrazone groups is 1. The summed E-state index contributed by atoms with van der Waals surface area (Å²) >= 11 is 0. The van der Waals surface area contributed by atoms with Gasteiger partial charge in [-0.05, 0) is 11.1 Å². The Morgan fingerprint density at radius 1 is 0.833 bits per heavy atom. The van der Waals surface area contributed by atoms with E-state index in [0.29, 0.717) is 0 Å². The number of nitrogens with zero attached hydrogens (tertiary/aromatic N) is 2. The fourth-order valence-corrected chi connectivity index (χ4v) is 2.06. The predicted octanol–water partition coefficient (Wildman–Crippen LogP) is 2.76. The lowest BCUT2D eigenvalue weighted by molar-refractivity contribution is 0.682. The lowest BCUT2D eigenvalue weighted by atomic mass is 9.97. The number of hydrogen-bond acceptors (Lipinski definition) is 3. The van der Waals surface area contributed by atoms with Crippen LogP contribution < -0.4 is 5.43 Å². The van der Waals surface area contributed by atoms with Gasteiger partial charge in [-0.25, -0.2) is 4.99 Å². The molecule has 0 radical (unpaired) electrons. The molecule has 0 saturated heterocycles. The van der Waals surface area contributed by atoms with E-state index in [-0.39, 0.29) is 6.04 Å². The van der Waals surface area contributed by atoms with Gasteiger partial charge in [0.1, 0.15) is 12.4 Å². The highest BCUT2D eigenvalue weighted by Gasteiger charge is 2.20. The van der Waals surface area contributed by atoms with Crippen molar-refractivity contribution in [2.45, 2.75) is 6.04 Å². The largest absolute Gasteiger partial charge is 0.295 e. The normalized spacial score (nSPS) is 18.0. The molecule has 0 aliphatic carbocycles. The summed E-state index contributed by atoms with van der Waals surface area (Å²) in [6, 6.07) is 20.4. The lowest BCUT2D eigenvalue weighted by Gasteiger charge is -2.21. The second-order valence-corrected chi connectivity index (χ2v) is 4.10. The molecular formula is C15H13N3. The van der Waals surface area contributed by atoms with Crippen LogP contribution in [0.5, 0.6) is 0 Å². The van der Waals surface area contributed by atoms with Gasteiger partial charge in [-0.15, -0.1) is 0 Å². The van der Waals surface area contributed by atoms with Gasteiger partial charge in [-0.3, -0.25) is 5.43 Å². The summed E-state index contributed by atoms with van der Waals surface area (Å²) in [6.07, 6.45) is 1.56. The molecule has 3 nitrogen and oxygen atoms in total. The maximum atomic E-state index is 4.42. The zero-order valence-corrected chi connectivity index (χ0v) is 9.82. The second-order valence-electron chi connectivity index (χ2n) is 4.10. The molecule has 1 heterocycles. The molecule has 1 aliphatic heterocycles. The molecule has 2 aromatic carbocycles. The van der Waals surface area contributed by atoms with Gasteiger partial charge < -0.3 is 0 Å². The fourth-order valence-electron chi connectivity index (χ4n) is 2.06. The molecule has 18 heavy (non-hydrogen) atoms. The van der Waals surface area contributed by atoms with Crippen molar-refractivity contribution in [1.82, 2.24) is 5.43 Å². The van der Waals surface area contributed by atoms with Crippen LogP contribution in [0.1, 0.15) is 17.2 Å². The van der Waals surface area contributed by atoms with E-state index in [1.54, 1.807) is 6.34 Å². The zero-order chi connectivity index (χ0) is 12.2. The first kappa shape index (κ1) is 10.7. The monoisotopic (exact) mass is 235 g/mol. The molecule has 0 bridgehead atoms. The fraction of sp³-hybridized carbons (Fsp3) is 0.0667. The highest BCUT2D eigenvalue weighted by molar-refractivity contribution is 6.08. The third kappa shape index (κ3) is 2.02. The quantitative estimate of drug-likeness (QED) is 0.853. The summed E-state index contributed by atoms with van der Waals surface area (Å²) in [6.45, 7) is 0. The molecule has 1 atom stereocenters. The van der Waals surface area contributed by atoms with Crippen LogP contribution in [0.2, 0.25) is 0 Å². The molecule has 2 aromatic rings. The van der Waals surface area contributed by atoms with E-state index in [9.17, 15) is 0 Å². The van der Waals surface area contributed by atoms with Crippen LogP contribution in [-0.2, 0) is 0 Å². The molecule has 1 aliphatic rings. The number of nitrogens with one attached hydrogen (secondary N) is 1. The first-order valence-corrected chi connectivity index (χ1v) is 5.90. The summed E-state index contributed by atoms with van der Waals surface area (Å²) in [5.41, 5.74) is 6.40. The Kier molecular flexibility index (Phi) is 2.88. The summed E-state index contributed by atoms with van der Waals surface area (Å²) in [4.78, 5) is 4.42. The first-order valence-electron chi connectivity index (χ1n) is 5.90. The van der Waals surface area contributed by atoms with Crippen LogP contribution >= 0.6 is 0 Å². The van der Waals surface area contributed by atoms with Crippen molar-refractivity contribution >= 4 is 12.1 Å². The van der Waals surface area contributed by atoms with Gasteiger partial charge in [-0.2, -0.15) is 5.10 Å². The smallest absolute Gasteiger partial charge is 0.135 e. The van der Waals surface area contributed by atoms with Gasteiger partial charge in [0, 0.05) is 0 Å². The van der Waals surface area contributed by atoms with Crippen LogP contribution in [-0.4, -0.2) is 12.1 Å². The van der Waals surface area contributed by atoms with E-state index in [0.717, 1.165) is 16.8 Å². The third-order valence-corrected chi connectivity index (χ3v) is 2.93. The third-order valence-electron chi connectivity index (χ3n) is 2.93. The minimum atomic E-state index is 0.0126. The molecule has 1 unspecified atom stereocenters. The average molecular weight is 235 g/mol. The van der Waals surface area contributed by atoms with Crippen molar-refractivity contribution in [2.24, 2.45) is 10.1 Å². The van der Waals surface area contributed by atoms with E-state index >= 15 is 0 Å². The van der Waals surface area contributed by atoms with Gasteiger partial charge in [0.2, 0.25) is 0 Å². The van der Waals surface area contributed by atoms with Crippen molar-refractivity contribution in [1.29, 1.82) is 0 Å². The van der Waals surface area contributed by atoms with Crippen LogP contribution in [0.15, 0.2) is 70.8 Å². The SMILES string of the molecule is C1=NNC(c2ccccc2)C(c2ccccc2)=N1. The molecule has 0 aromatic heterocycles. The highest BCUT2D eigenvalue weighted by Crippen LogP contribution is 2.20. The minimum Gasteiger partial charge on any atom is -0.295 e. The number of aliphatic imine (C=N–C) groups is 1. The Morgan fingerprint density at radius 2 is 1.50 bits per heavy atom. The van der Waals surface area contributed by atoms with Crippen molar-refractivity contribution in [3.8, 4) is 0 Å². The Balaban J connectivity index is 2.01. The van der Waals surface area contributed by atoms with Crippen LogP contribution in [0.25, 0.3) is 0 Å². The molecular weight excluding hydrogens is 222 g/mol. The van der Waals surface area contributed by atoms with Gasteiger partial charge in [0.25, 0.3) is 0 Å². The van der Waals surface area contributed by atoms with Crippen molar-refractivity contribution < 1.29 is 0 Å². The topological polar surface area (TPSA) is 36.8 Å². The van der Waals surface area contributed by atoms with E-state index in [1.165, 1.54) is 0 Å². The molecule has 3 rings (SSSR count). The highest BCUT2D eigenvalue weighted by atomic mass is 15.3. The minimum absolute atomic E-state index is 0.0126. The van der Waals surface area contributed by atoms with Gasteiger partial charge in [-0.1, -0.05) is 60.7 Å². The maximum Gasteiger partial charge on any atom is 0.135 e. The molecule has 0 saturated carbocycles. The average Bonchev–Trinajstić information content (AvgIpc) is 2.49. The summed E-state index contributed by atoms with van der Waals surface area (Å²) in [5, 5.41) is 4.05.